The summed E-state index contributed by atoms with van der Waals surface area (Å²) in [6, 6.07) is 27.3. The van der Waals surface area contributed by atoms with Gasteiger partial charge in [-0.2, -0.15) is 0 Å². The van der Waals surface area contributed by atoms with Gasteiger partial charge in [0.15, 0.2) is 0 Å². The molecule has 2 aliphatic carbocycles. The zero-order chi connectivity index (χ0) is 43.1. The number of fused-ring (bicyclic) bond motifs is 5. The molecule has 3 amide bonds. The number of para-hydroxylation sites is 1. The van der Waals surface area contributed by atoms with Crippen molar-refractivity contribution in [1.82, 2.24) is 24.8 Å². The van der Waals surface area contributed by atoms with E-state index < -0.39 is 49.8 Å². The number of aromatic nitrogens is 1. The Labute approximate surface area is 365 Å². The van der Waals surface area contributed by atoms with Crippen molar-refractivity contribution in [2.75, 3.05) is 19.6 Å². The number of aryl methyl sites for hydroxylation is 2. The van der Waals surface area contributed by atoms with Crippen molar-refractivity contribution < 1.29 is 27.5 Å². The first kappa shape index (κ1) is 42.2. The van der Waals surface area contributed by atoms with E-state index in [1.807, 2.05) is 67.6 Å². The Balaban J connectivity index is 1.08. The lowest BCUT2D eigenvalue weighted by atomic mass is 9.87. The van der Waals surface area contributed by atoms with Crippen molar-refractivity contribution in [1.29, 1.82) is 0 Å². The van der Waals surface area contributed by atoms with Crippen LogP contribution in [0, 0.1) is 12.8 Å². The number of carbonyl (C=O) groups is 3. The molecule has 1 saturated heterocycles. The minimum atomic E-state index is -3.97. The van der Waals surface area contributed by atoms with Crippen molar-refractivity contribution in [2.24, 2.45) is 5.92 Å². The van der Waals surface area contributed by atoms with Gasteiger partial charge < -0.3 is 15.0 Å². The fourth-order valence-corrected chi connectivity index (χ4v) is 11.4. The van der Waals surface area contributed by atoms with Crippen LogP contribution in [0.5, 0.6) is 5.75 Å². The number of hydrogen-bond acceptors (Lipinski definition) is 8. The molecule has 9 rings (SSSR count). The second-order valence-electron chi connectivity index (χ2n) is 18.7. The molecule has 11 nitrogen and oxygen atoms in total. The average Bonchev–Trinajstić information content (AvgIpc) is 4.17. The van der Waals surface area contributed by atoms with Gasteiger partial charge >= 0.3 is 0 Å². The highest BCUT2D eigenvalue weighted by Gasteiger charge is 2.64. The van der Waals surface area contributed by atoms with Crippen LogP contribution >= 0.6 is 0 Å². The van der Waals surface area contributed by atoms with Gasteiger partial charge in [0, 0.05) is 36.4 Å². The predicted molar refractivity (Wildman–Crippen MR) is 240 cm³/mol. The van der Waals surface area contributed by atoms with Gasteiger partial charge in [0.1, 0.15) is 22.9 Å². The fraction of sp³-hybridized carbons (Fsp3) is 0.480. The van der Waals surface area contributed by atoms with Crippen LogP contribution in [0.3, 0.4) is 0 Å². The first-order chi connectivity index (χ1) is 29.9. The molecule has 5 aliphatic rings. The molecule has 4 heterocycles. The molecule has 3 aliphatic heterocycles. The van der Waals surface area contributed by atoms with Gasteiger partial charge in [-0.15, -0.1) is 0 Å². The number of benzene rings is 3. The molecule has 1 spiro atoms. The number of rotatable bonds is 10. The molecule has 0 radical (unpaired) electrons. The summed E-state index contributed by atoms with van der Waals surface area (Å²) in [5, 5.41) is 4.13. The van der Waals surface area contributed by atoms with Crippen LogP contribution in [0.4, 0.5) is 0 Å². The minimum Gasteiger partial charge on any atom is -0.483 e. The zero-order valence-electron chi connectivity index (χ0n) is 36.0. The first-order valence-corrected chi connectivity index (χ1v) is 24.1. The summed E-state index contributed by atoms with van der Waals surface area (Å²) in [6.45, 7) is 5.11. The van der Waals surface area contributed by atoms with Crippen molar-refractivity contribution in [3.05, 3.63) is 119 Å². The Kier molecular flexibility index (Phi) is 11.5. The SMILES string of the molecule is Cc1nc2ccccc2c2c1O[C@]1(CC2)C[C@H]2C(=O)N[C@]3(C(=O)NS(=O)(=O)C4(C)CC4)C[C@H]3C=CCCCCC[C@H](N(CCc3ccccc3)CCc3ccccc3)C(=O)N2C1. The van der Waals surface area contributed by atoms with Gasteiger partial charge in [0.2, 0.25) is 21.8 Å². The highest BCUT2D eigenvalue weighted by Crippen LogP contribution is 2.49. The number of pyridine rings is 1. The lowest BCUT2D eigenvalue weighted by Crippen LogP contribution is -2.59. The summed E-state index contributed by atoms with van der Waals surface area (Å²) in [7, 11) is -3.97. The predicted octanol–water partition coefficient (Wildman–Crippen LogP) is 6.76. The number of nitrogens with one attached hydrogen (secondary N) is 2. The molecule has 3 fully saturated rings. The van der Waals surface area contributed by atoms with Crippen LogP contribution in [0.1, 0.15) is 93.5 Å². The van der Waals surface area contributed by atoms with Crippen LogP contribution in [-0.2, 0) is 43.7 Å². The number of nitrogens with zero attached hydrogens (tertiary/aromatic N) is 3. The Morgan fingerprint density at radius 3 is 2.27 bits per heavy atom. The van der Waals surface area contributed by atoms with Gasteiger partial charge in [0.05, 0.1) is 28.5 Å². The Bertz CT molecular complexity index is 2430. The van der Waals surface area contributed by atoms with Crippen molar-refractivity contribution in [3.8, 4) is 5.75 Å². The number of hydrogen-bond donors (Lipinski definition) is 2. The molecule has 0 bridgehead atoms. The molecule has 3 aromatic carbocycles. The van der Waals surface area contributed by atoms with Crippen molar-refractivity contribution >= 4 is 38.6 Å². The Hall–Kier alpha value is -5.07. The Morgan fingerprint density at radius 1 is 0.903 bits per heavy atom. The molecule has 2 saturated carbocycles. The van der Waals surface area contributed by atoms with Gasteiger partial charge in [-0.05, 0) is 95.2 Å². The van der Waals surface area contributed by atoms with Gasteiger partial charge in [-0.3, -0.25) is 24.0 Å². The maximum absolute atomic E-state index is 15.7. The van der Waals surface area contributed by atoms with Crippen molar-refractivity contribution in [2.45, 2.75) is 125 Å². The zero-order valence-corrected chi connectivity index (χ0v) is 36.8. The van der Waals surface area contributed by atoms with E-state index in [4.69, 9.17) is 9.72 Å². The van der Waals surface area contributed by atoms with Crippen LogP contribution in [-0.4, -0.2) is 88.5 Å². The van der Waals surface area contributed by atoms with Crippen LogP contribution in [0.2, 0.25) is 0 Å². The van der Waals surface area contributed by atoms with E-state index >= 15 is 9.59 Å². The molecule has 4 aromatic rings. The molecule has 2 N–H and O–H groups in total. The quantitative estimate of drug-likeness (QED) is 0.167. The van der Waals surface area contributed by atoms with Crippen LogP contribution < -0.4 is 14.8 Å². The maximum Gasteiger partial charge on any atom is 0.259 e. The van der Waals surface area contributed by atoms with Gasteiger partial charge in [-0.25, -0.2) is 13.4 Å². The maximum atomic E-state index is 15.7. The standard InChI is InChI=1S/C50H59N5O6S/c1-35-44-40(39-21-14-15-22-41(39)51-35)24-27-49(61-44)33-43-45(56)52-50(47(58)53-62(59,60)48(2)28-29-48)32-38(50)20-12-4-3-5-13-23-42(46(57)55(43)34-49)54(30-25-36-16-8-6-9-17-36)31-26-37-18-10-7-11-19-37/h6-12,14-22,38,42-43H,3-5,13,23-34H2,1-2H3,(H,52,56)(H,53,58)/t38-,42+,43+,49-,50-/m1/s1. The molecule has 326 valence electrons. The summed E-state index contributed by atoms with van der Waals surface area (Å²) in [5.74, 6) is -0.971. The summed E-state index contributed by atoms with van der Waals surface area (Å²) in [5.41, 5.74) is 2.80. The van der Waals surface area contributed by atoms with E-state index in [-0.39, 0.29) is 31.2 Å². The third-order valence-corrected chi connectivity index (χ3v) is 16.5. The second kappa shape index (κ2) is 16.9. The van der Waals surface area contributed by atoms with Crippen LogP contribution in [0.25, 0.3) is 10.9 Å². The lowest BCUT2D eigenvalue weighted by Gasteiger charge is -2.38. The lowest BCUT2D eigenvalue weighted by molar-refractivity contribution is -0.144. The normalized spacial score (nSPS) is 27.0. The van der Waals surface area contributed by atoms with E-state index in [0.29, 0.717) is 50.9 Å². The van der Waals surface area contributed by atoms with E-state index in [2.05, 4.69) is 51.3 Å². The van der Waals surface area contributed by atoms with E-state index in [1.165, 1.54) is 11.1 Å². The Morgan fingerprint density at radius 2 is 1.58 bits per heavy atom. The number of amides is 3. The monoisotopic (exact) mass is 857 g/mol. The molecule has 5 atom stereocenters. The van der Waals surface area contributed by atoms with E-state index in [0.717, 1.165) is 60.7 Å². The third-order valence-electron chi connectivity index (χ3n) is 14.4. The smallest absolute Gasteiger partial charge is 0.259 e. The van der Waals surface area contributed by atoms with Gasteiger partial charge in [0.25, 0.3) is 5.91 Å². The number of sulfonamides is 1. The van der Waals surface area contributed by atoms with Gasteiger partial charge in [-0.1, -0.05) is 104 Å². The largest absolute Gasteiger partial charge is 0.483 e. The first-order valence-electron chi connectivity index (χ1n) is 22.6. The van der Waals surface area contributed by atoms with Crippen LogP contribution in [0.15, 0.2) is 97.1 Å². The highest BCUT2D eigenvalue weighted by molar-refractivity contribution is 7.91. The van der Waals surface area contributed by atoms with Crippen molar-refractivity contribution in [3.63, 3.8) is 0 Å². The molecule has 62 heavy (non-hydrogen) atoms. The molecular formula is C50H59N5O6S. The fourth-order valence-electron chi connectivity index (χ4n) is 10.1. The summed E-state index contributed by atoms with van der Waals surface area (Å²) in [6.07, 6.45) is 12.3. The summed E-state index contributed by atoms with van der Waals surface area (Å²) < 4.78 is 35.2. The minimum absolute atomic E-state index is 0.117. The molecule has 0 unspecified atom stereocenters. The number of carbonyl (C=O) groups excluding carboxylic acids is 3. The molecular weight excluding hydrogens is 799 g/mol. The average molecular weight is 858 g/mol. The topological polar surface area (TPSA) is 138 Å². The number of allylic oxidation sites excluding steroid dienone is 1. The summed E-state index contributed by atoms with van der Waals surface area (Å²) >= 11 is 0. The second-order valence-corrected chi connectivity index (χ2v) is 20.9. The molecule has 1 aromatic heterocycles. The third kappa shape index (κ3) is 8.40. The summed E-state index contributed by atoms with van der Waals surface area (Å²) in [4.78, 5) is 53.9. The van der Waals surface area contributed by atoms with E-state index in [9.17, 15) is 13.2 Å². The highest BCUT2D eigenvalue weighted by atomic mass is 32.2. The molecule has 12 heteroatoms. The number of ether oxygens (including phenoxy) is 1. The van der Waals surface area contributed by atoms with E-state index in [1.54, 1.807) is 11.8 Å².